The third-order valence-corrected chi connectivity index (χ3v) is 8.63. The molecule has 2 aliphatic heterocycles. The third-order valence-electron chi connectivity index (χ3n) is 8.63. The number of hydrogen-bond donors (Lipinski definition) is 2. The van der Waals surface area contributed by atoms with Crippen molar-refractivity contribution in [3.05, 3.63) is 70.8 Å². The normalized spacial score (nSPS) is 34.5. The predicted molar refractivity (Wildman–Crippen MR) is 123 cm³/mol. The predicted octanol–water partition coefficient (Wildman–Crippen LogP) is 4.77. The van der Waals surface area contributed by atoms with Crippen molar-refractivity contribution in [1.29, 1.82) is 0 Å². The summed E-state index contributed by atoms with van der Waals surface area (Å²) < 4.78 is 0. The molecule has 0 radical (unpaired) electrons. The van der Waals surface area contributed by atoms with E-state index in [1.54, 1.807) is 11.1 Å². The Labute approximate surface area is 179 Å². The molecule has 0 unspecified atom stereocenters. The fourth-order valence-electron chi connectivity index (χ4n) is 7.01. The first-order valence-corrected chi connectivity index (χ1v) is 11.9. The van der Waals surface area contributed by atoms with E-state index in [0.29, 0.717) is 23.7 Å². The fourth-order valence-corrected chi connectivity index (χ4v) is 7.01. The van der Waals surface area contributed by atoms with Crippen LogP contribution in [0.4, 0.5) is 5.69 Å². The smallest absolute Gasteiger partial charge is 0.0578 e. The van der Waals surface area contributed by atoms with Gasteiger partial charge in [0.2, 0.25) is 0 Å². The zero-order valence-corrected chi connectivity index (χ0v) is 17.8. The Bertz CT molecular complexity index is 1020. The van der Waals surface area contributed by atoms with Gasteiger partial charge in [0, 0.05) is 30.4 Å². The van der Waals surface area contributed by atoms with E-state index >= 15 is 0 Å². The Morgan fingerprint density at radius 2 is 1.77 bits per heavy atom. The molecule has 30 heavy (non-hydrogen) atoms. The van der Waals surface area contributed by atoms with E-state index in [2.05, 4.69) is 71.0 Å². The van der Waals surface area contributed by atoms with Crippen LogP contribution < -0.4 is 10.6 Å². The number of benzene rings is 2. The topological polar surface area (TPSA) is 27.3 Å². The Balaban J connectivity index is 1.29. The highest BCUT2D eigenvalue weighted by molar-refractivity contribution is 5.79. The van der Waals surface area contributed by atoms with Crippen LogP contribution >= 0.6 is 0 Å². The third kappa shape index (κ3) is 2.39. The maximum atomic E-state index is 3.66. The number of hydrogen-bond acceptors (Lipinski definition) is 3. The minimum absolute atomic E-state index is 0.441. The Morgan fingerprint density at radius 3 is 2.43 bits per heavy atom. The summed E-state index contributed by atoms with van der Waals surface area (Å²) in [6, 6.07) is 20.2. The average Bonchev–Trinajstić information content (AvgIpc) is 3.02. The molecule has 4 aliphatic carbocycles. The van der Waals surface area contributed by atoms with Gasteiger partial charge in [-0.25, -0.2) is 0 Å². The van der Waals surface area contributed by atoms with Crippen molar-refractivity contribution in [3.8, 4) is 0 Å². The minimum atomic E-state index is 0.441. The van der Waals surface area contributed by atoms with Crippen LogP contribution in [0.1, 0.15) is 55.3 Å². The van der Waals surface area contributed by atoms with Gasteiger partial charge in [0.05, 0.1) is 12.1 Å². The molecule has 4 fully saturated rings. The Morgan fingerprint density at radius 1 is 1.00 bits per heavy atom. The van der Waals surface area contributed by atoms with Crippen LogP contribution in [0.5, 0.6) is 0 Å². The standard InChI is InChI=1S/C27H31N3/c1-17-10-24-23-5-3-2-4-20(23)11-25(24)26(30(17)27-12-18(13-27)14-27)19-6-8-21(9-7-19)29-22-15-28-16-22/h2-9,17-18,22,26,28-29H,10-16H2,1H3/t17-,18?,26-,27?/m1/s1. The highest BCUT2D eigenvalue weighted by Crippen LogP contribution is 2.65. The molecule has 2 N–H and O–H groups in total. The van der Waals surface area contributed by atoms with E-state index in [-0.39, 0.29) is 0 Å². The molecule has 6 aliphatic rings. The highest BCUT2D eigenvalue weighted by atomic mass is 15.3. The number of anilines is 1. The summed E-state index contributed by atoms with van der Waals surface area (Å²) in [6.45, 7) is 4.64. The molecular formula is C27H31N3. The quantitative estimate of drug-likeness (QED) is 0.778. The zero-order valence-electron chi connectivity index (χ0n) is 17.8. The van der Waals surface area contributed by atoms with Gasteiger partial charge in [-0.05, 0) is 84.9 Å². The van der Waals surface area contributed by atoms with E-state index in [9.17, 15) is 0 Å². The lowest BCUT2D eigenvalue weighted by atomic mass is 9.48. The second kappa shape index (κ2) is 6.21. The fraction of sp³-hybridized carbons (Fsp3) is 0.481. The lowest BCUT2D eigenvalue weighted by Gasteiger charge is -2.70. The molecule has 3 nitrogen and oxygen atoms in total. The molecule has 2 aromatic rings. The highest BCUT2D eigenvalue weighted by Gasteiger charge is 2.63. The molecule has 2 bridgehead atoms. The Hall–Kier alpha value is -2.10. The van der Waals surface area contributed by atoms with Crippen LogP contribution in [-0.4, -0.2) is 35.6 Å². The van der Waals surface area contributed by atoms with Gasteiger partial charge in [-0.15, -0.1) is 0 Å². The summed E-state index contributed by atoms with van der Waals surface area (Å²) in [5.41, 5.74) is 9.62. The maximum absolute atomic E-state index is 3.66. The lowest BCUT2D eigenvalue weighted by molar-refractivity contribution is -0.173. The van der Waals surface area contributed by atoms with Gasteiger partial charge in [0.1, 0.15) is 0 Å². The second-order valence-corrected chi connectivity index (χ2v) is 10.5. The van der Waals surface area contributed by atoms with Crippen LogP contribution in [-0.2, 0) is 6.42 Å². The molecule has 2 aromatic carbocycles. The molecule has 0 spiro atoms. The van der Waals surface area contributed by atoms with E-state index in [1.165, 1.54) is 48.1 Å². The summed E-state index contributed by atoms with van der Waals surface area (Å²) in [6.07, 6.45) is 6.63. The van der Waals surface area contributed by atoms with Crippen molar-refractivity contribution in [2.75, 3.05) is 18.4 Å². The summed E-state index contributed by atoms with van der Waals surface area (Å²) in [7, 11) is 0. The first-order chi connectivity index (χ1) is 14.7. The monoisotopic (exact) mass is 397 g/mol. The molecule has 8 rings (SSSR count). The average molecular weight is 398 g/mol. The van der Waals surface area contributed by atoms with Gasteiger partial charge < -0.3 is 10.6 Å². The van der Waals surface area contributed by atoms with Crippen LogP contribution in [0.3, 0.4) is 0 Å². The molecule has 0 aromatic heterocycles. The summed E-state index contributed by atoms with van der Waals surface area (Å²) in [4.78, 5) is 2.95. The summed E-state index contributed by atoms with van der Waals surface area (Å²) >= 11 is 0. The van der Waals surface area contributed by atoms with Crippen molar-refractivity contribution >= 4 is 11.3 Å². The van der Waals surface area contributed by atoms with E-state index in [1.807, 2.05) is 0 Å². The first kappa shape index (κ1) is 17.6. The lowest BCUT2D eigenvalue weighted by Crippen LogP contribution is -2.71. The number of rotatable bonds is 4. The molecule has 0 amide bonds. The molecule has 2 heterocycles. The van der Waals surface area contributed by atoms with Crippen molar-refractivity contribution in [3.63, 3.8) is 0 Å². The van der Waals surface area contributed by atoms with Gasteiger partial charge >= 0.3 is 0 Å². The number of fused-ring (bicyclic) bond motifs is 2. The molecular weight excluding hydrogens is 366 g/mol. The summed E-state index contributed by atoms with van der Waals surface area (Å²) in [5, 5.41) is 7.01. The summed E-state index contributed by atoms with van der Waals surface area (Å²) in [5.74, 6) is 1.01. The van der Waals surface area contributed by atoms with Gasteiger partial charge in [-0.1, -0.05) is 36.4 Å². The van der Waals surface area contributed by atoms with Crippen molar-refractivity contribution in [2.45, 2.75) is 62.7 Å². The molecule has 3 heteroatoms. The molecule has 1 saturated heterocycles. The first-order valence-electron chi connectivity index (χ1n) is 11.9. The molecule has 154 valence electrons. The zero-order chi connectivity index (χ0) is 19.9. The van der Waals surface area contributed by atoms with Crippen molar-refractivity contribution in [2.24, 2.45) is 5.92 Å². The Kier molecular flexibility index (Phi) is 3.64. The van der Waals surface area contributed by atoms with E-state index in [4.69, 9.17) is 0 Å². The minimum Gasteiger partial charge on any atom is -0.380 e. The number of nitrogens with one attached hydrogen (secondary N) is 2. The van der Waals surface area contributed by atoms with Gasteiger partial charge in [-0.2, -0.15) is 0 Å². The molecule has 2 atom stereocenters. The van der Waals surface area contributed by atoms with Crippen LogP contribution in [0.25, 0.3) is 5.57 Å². The largest absolute Gasteiger partial charge is 0.380 e. The van der Waals surface area contributed by atoms with Gasteiger partial charge in [-0.3, -0.25) is 4.90 Å². The maximum Gasteiger partial charge on any atom is 0.0578 e. The van der Waals surface area contributed by atoms with Crippen LogP contribution in [0.2, 0.25) is 0 Å². The van der Waals surface area contributed by atoms with Crippen molar-refractivity contribution in [1.82, 2.24) is 10.2 Å². The van der Waals surface area contributed by atoms with Crippen LogP contribution in [0, 0.1) is 5.92 Å². The SMILES string of the molecule is C[C@@H]1CC2=C(Cc3ccccc32)[C@@H](c2ccc(NC3CNC3)cc2)N1C12CC(C1)C2. The molecule has 3 saturated carbocycles. The van der Waals surface area contributed by atoms with E-state index < -0.39 is 0 Å². The second-order valence-electron chi connectivity index (χ2n) is 10.5. The number of nitrogens with zero attached hydrogens (tertiary/aromatic N) is 1. The van der Waals surface area contributed by atoms with Crippen LogP contribution in [0.15, 0.2) is 54.1 Å². The van der Waals surface area contributed by atoms with Gasteiger partial charge in [0.15, 0.2) is 0 Å². The van der Waals surface area contributed by atoms with E-state index in [0.717, 1.165) is 25.4 Å². The van der Waals surface area contributed by atoms with Gasteiger partial charge in [0.25, 0.3) is 0 Å². The van der Waals surface area contributed by atoms with Crippen molar-refractivity contribution < 1.29 is 0 Å².